The van der Waals surface area contributed by atoms with Crippen LogP contribution >= 0.6 is 11.6 Å². The van der Waals surface area contributed by atoms with Crippen LogP contribution < -0.4 is 5.32 Å². The van der Waals surface area contributed by atoms with E-state index in [0.717, 1.165) is 39.1 Å². The summed E-state index contributed by atoms with van der Waals surface area (Å²) in [6.07, 6.45) is 0.315. The van der Waals surface area contributed by atoms with Crippen LogP contribution in [0.4, 0.5) is 4.79 Å². The van der Waals surface area contributed by atoms with Gasteiger partial charge in [0, 0.05) is 17.1 Å². The van der Waals surface area contributed by atoms with Crippen molar-refractivity contribution in [2.24, 2.45) is 0 Å². The molecule has 0 saturated heterocycles. The Balaban J connectivity index is 1.44. The van der Waals surface area contributed by atoms with Crippen molar-refractivity contribution in [1.82, 2.24) is 5.32 Å². The van der Waals surface area contributed by atoms with Crippen molar-refractivity contribution in [2.45, 2.75) is 13.0 Å². The van der Waals surface area contributed by atoms with Crippen LogP contribution in [0.1, 0.15) is 11.1 Å². The molecule has 4 heteroatoms. The number of hydrogen-bond donors (Lipinski definition) is 1. The van der Waals surface area contributed by atoms with Crippen molar-refractivity contribution in [2.75, 3.05) is 6.54 Å². The summed E-state index contributed by atoms with van der Waals surface area (Å²) in [5.74, 6) is 0. The first-order chi connectivity index (χ1) is 13.7. The van der Waals surface area contributed by atoms with Gasteiger partial charge in [-0.15, -0.1) is 0 Å². The van der Waals surface area contributed by atoms with Crippen LogP contribution in [0.3, 0.4) is 0 Å². The number of ether oxygens (including phenoxy) is 1. The van der Waals surface area contributed by atoms with Crippen molar-refractivity contribution < 1.29 is 9.53 Å². The number of carbonyl (C=O) groups is 1. The molecule has 0 radical (unpaired) electrons. The second kappa shape index (κ2) is 8.32. The summed E-state index contributed by atoms with van der Waals surface area (Å²) in [7, 11) is 0. The maximum absolute atomic E-state index is 12.2. The topological polar surface area (TPSA) is 38.3 Å². The SMILES string of the molecule is O=C(NCCc1ccc(Cl)cc1)OCc1c2ccccc2cc2ccccc12. The fraction of sp³-hybridized carbons (Fsp3) is 0.125. The van der Waals surface area contributed by atoms with Crippen LogP contribution in [0, 0.1) is 0 Å². The molecule has 0 unspecified atom stereocenters. The van der Waals surface area contributed by atoms with E-state index in [0.29, 0.717) is 11.6 Å². The highest BCUT2D eigenvalue weighted by molar-refractivity contribution is 6.30. The lowest BCUT2D eigenvalue weighted by Crippen LogP contribution is -2.26. The van der Waals surface area contributed by atoms with Gasteiger partial charge in [0.2, 0.25) is 0 Å². The van der Waals surface area contributed by atoms with Gasteiger partial charge in [-0.1, -0.05) is 72.3 Å². The third kappa shape index (κ3) is 4.10. The first-order valence-corrected chi connectivity index (χ1v) is 9.63. The molecule has 0 saturated carbocycles. The van der Waals surface area contributed by atoms with E-state index in [9.17, 15) is 4.79 Å². The van der Waals surface area contributed by atoms with Crippen LogP contribution in [0.15, 0.2) is 78.9 Å². The zero-order chi connectivity index (χ0) is 19.3. The summed E-state index contributed by atoms with van der Waals surface area (Å²) in [5, 5.41) is 8.02. The van der Waals surface area contributed by atoms with Gasteiger partial charge in [-0.05, 0) is 51.7 Å². The molecule has 28 heavy (non-hydrogen) atoms. The quantitative estimate of drug-likeness (QED) is 0.418. The number of alkyl carbamates (subject to hydrolysis) is 1. The van der Waals surface area contributed by atoms with Gasteiger partial charge >= 0.3 is 6.09 Å². The molecule has 0 atom stereocenters. The maximum Gasteiger partial charge on any atom is 0.407 e. The molecule has 0 aliphatic carbocycles. The summed E-state index contributed by atoms with van der Waals surface area (Å²) >= 11 is 5.89. The Bertz CT molecular complexity index is 1070. The van der Waals surface area contributed by atoms with Gasteiger partial charge in [-0.25, -0.2) is 4.79 Å². The van der Waals surface area contributed by atoms with E-state index < -0.39 is 6.09 Å². The lowest BCUT2D eigenvalue weighted by Gasteiger charge is -2.12. The Morgan fingerprint density at radius 1 is 0.857 bits per heavy atom. The molecule has 0 heterocycles. The summed E-state index contributed by atoms with van der Waals surface area (Å²) in [6.45, 7) is 0.741. The number of hydrogen-bond acceptors (Lipinski definition) is 2. The lowest BCUT2D eigenvalue weighted by molar-refractivity contribution is 0.140. The average molecular weight is 390 g/mol. The van der Waals surface area contributed by atoms with Crippen molar-refractivity contribution in [3.8, 4) is 0 Å². The van der Waals surface area contributed by atoms with Gasteiger partial charge < -0.3 is 10.1 Å². The molecule has 0 fully saturated rings. The van der Waals surface area contributed by atoms with Crippen LogP contribution in [-0.2, 0) is 17.8 Å². The second-order valence-electron chi connectivity index (χ2n) is 6.68. The number of benzene rings is 4. The highest BCUT2D eigenvalue weighted by atomic mass is 35.5. The van der Waals surface area contributed by atoms with Crippen molar-refractivity contribution in [3.63, 3.8) is 0 Å². The van der Waals surface area contributed by atoms with Crippen molar-refractivity contribution >= 4 is 39.2 Å². The molecule has 0 aliphatic heterocycles. The summed E-state index contributed by atoms with van der Waals surface area (Å²) in [6, 6.07) is 26.1. The van der Waals surface area contributed by atoms with Crippen molar-refractivity contribution in [3.05, 3.63) is 95.0 Å². The molecule has 0 bridgehead atoms. The van der Waals surface area contributed by atoms with E-state index in [4.69, 9.17) is 16.3 Å². The molecule has 0 aromatic heterocycles. The normalized spacial score (nSPS) is 10.9. The second-order valence-corrected chi connectivity index (χ2v) is 7.11. The number of amides is 1. The Morgan fingerprint density at radius 3 is 2.11 bits per heavy atom. The van der Waals surface area contributed by atoms with Gasteiger partial charge in [0.1, 0.15) is 6.61 Å². The minimum Gasteiger partial charge on any atom is -0.445 e. The van der Waals surface area contributed by atoms with E-state index >= 15 is 0 Å². The Kier molecular flexibility index (Phi) is 5.45. The first-order valence-electron chi connectivity index (χ1n) is 9.25. The predicted molar refractivity (Wildman–Crippen MR) is 115 cm³/mol. The Morgan fingerprint density at radius 2 is 1.46 bits per heavy atom. The van der Waals surface area contributed by atoms with Gasteiger partial charge in [-0.3, -0.25) is 0 Å². The van der Waals surface area contributed by atoms with Gasteiger partial charge in [0.15, 0.2) is 0 Å². The zero-order valence-electron chi connectivity index (χ0n) is 15.3. The van der Waals surface area contributed by atoms with E-state index in [2.05, 4.69) is 35.6 Å². The molecule has 4 aromatic rings. The minimum atomic E-state index is -0.411. The van der Waals surface area contributed by atoms with E-state index in [-0.39, 0.29) is 6.61 Å². The number of carbonyl (C=O) groups excluding carboxylic acids is 1. The molecular formula is C24H20ClNO2. The van der Waals surface area contributed by atoms with Crippen LogP contribution in [0.25, 0.3) is 21.5 Å². The van der Waals surface area contributed by atoms with E-state index in [1.54, 1.807) is 0 Å². The number of rotatable bonds is 5. The van der Waals surface area contributed by atoms with Crippen molar-refractivity contribution in [1.29, 1.82) is 0 Å². The Labute approximate surface area is 168 Å². The maximum atomic E-state index is 12.2. The monoisotopic (exact) mass is 389 g/mol. The third-order valence-electron chi connectivity index (χ3n) is 4.83. The number of fused-ring (bicyclic) bond motifs is 2. The van der Waals surface area contributed by atoms with Crippen LogP contribution in [-0.4, -0.2) is 12.6 Å². The summed E-state index contributed by atoms with van der Waals surface area (Å²) < 4.78 is 5.53. The molecule has 3 nitrogen and oxygen atoms in total. The van der Waals surface area contributed by atoms with Crippen LogP contribution in [0.5, 0.6) is 0 Å². The fourth-order valence-electron chi connectivity index (χ4n) is 3.41. The standard InChI is InChI=1S/C24H20ClNO2/c25-20-11-9-17(10-12-20)13-14-26-24(27)28-16-23-21-7-3-1-5-18(21)15-19-6-2-4-8-22(19)23/h1-12,15H,13-14,16H2,(H,26,27). The minimum absolute atomic E-state index is 0.231. The number of nitrogens with one attached hydrogen (secondary N) is 1. The molecule has 4 rings (SSSR count). The third-order valence-corrected chi connectivity index (χ3v) is 5.08. The molecule has 0 aliphatic rings. The highest BCUT2D eigenvalue weighted by Gasteiger charge is 2.10. The average Bonchev–Trinajstić information content (AvgIpc) is 2.72. The first kappa shape index (κ1) is 18.3. The smallest absolute Gasteiger partial charge is 0.407 e. The summed E-state index contributed by atoms with van der Waals surface area (Å²) in [4.78, 5) is 12.2. The van der Waals surface area contributed by atoms with Gasteiger partial charge in [0.05, 0.1) is 0 Å². The Hall–Kier alpha value is -3.04. The van der Waals surface area contributed by atoms with E-state index in [1.807, 2.05) is 48.5 Å². The number of halogens is 1. The summed E-state index contributed by atoms with van der Waals surface area (Å²) in [5.41, 5.74) is 2.14. The highest BCUT2D eigenvalue weighted by Crippen LogP contribution is 2.29. The molecular weight excluding hydrogens is 370 g/mol. The molecule has 4 aromatic carbocycles. The predicted octanol–water partition coefficient (Wildman–Crippen LogP) is 6.12. The zero-order valence-corrected chi connectivity index (χ0v) is 16.1. The molecule has 1 N–H and O–H groups in total. The van der Waals surface area contributed by atoms with Gasteiger partial charge in [-0.2, -0.15) is 0 Å². The molecule has 140 valence electrons. The van der Waals surface area contributed by atoms with Gasteiger partial charge in [0.25, 0.3) is 0 Å². The lowest BCUT2D eigenvalue weighted by atomic mass is 9.97. The largest absolute Gasteiger partial charge is 0.445 e. The fourth-order valence-corrected chi connectivity index (χ4v) is 3.54. The molecule has 0 spiro atoms. The van der Waals surface area contributed by atoms with E-state index in [1.165, 1.54) is 0 Å². The molecule has 1 amide bonds. The van der Waals surface area contributed by atoms with Crippen LogP contribution in [0.2, 0.25) is 5.02 Å².